The van der Waals surface area contributed by atoms with Gasteiger partial charge in [-0.05, 0) is 0 Å². The van der Waals surface area contributed by atoms with Crippen LogP contribution in [0, 0.1) is 0 Å². The lowest BCUT2D eigenvalue weighted by Gasteiger charge is -2.30. The van der Waals surface area contributed by atoms with Gasteiger partial charge in [-0.1, -0.05) is 0 Å². The number of amides is 2. The second-order valence-corrected chi connectivity index (χ2v) is 3.82. The summed E-state index contributed by atoms with van der Waals surface area (Å²) in [5.74, 6) is 0. The Labute approximate surface area is 80.4 Å². The molecule has 0 spiro atoms. The van der Waals surface area contributed by atoms with Gasteiger partial charge in [0.2, 0.25) is 0 Å². The molecule has 0 saturated carbocycles. The van der Waals surface area contributed by atoms with Gasteiger partial charge in [-0.2, -0.15) is 0 Å². The highest BCUT2D eigenvalue weighted by Gasteiger charge is 2.17. The van der Waals surface area contributed by atoms with Gasteiger partial charge in [0, 0.05) is 56.1 Å². The van der Waals surface area contributed by atoms with E-state index in [1.807, 2.05) is 4.90 Å². The van der Waals surface area contributed by atoms with Crippen LogP contribution in [0.5, 0.6) is 0 Å². The van der Waals surface area contributed by atoms with E-state index in [0.717, 1.165) is 26.2 Å². The Morgan fingerprint density at radius 3 is 2.36 bits per heavy atom. The van der Waals surface area contributed by atoms with Crippen LogP contribution < -0.4 is 5.32 Å². The van der Waals surface area contributed by atoms with Gasteiger partial charge >= 0.3 is 6.03 Å². The van der Waals surface area contributed by atoms with Crippen molar-refractivity contribution < 1.29 is 4.79 Å². The van der Waals surface area contributed by atoms with Gasteiger partial charge < -0.3 is 10.2 Å². The zero-order chi connectivity index (χ0) is 8.27. The fourth-order valence-electron chi connectivity index (χ4n) is 1.04. The van der Waals surface area contributed by atoms with Crippen molar-refractivity contribution in [2.45, 2.75) is 0 Å². The monoisotopic (exact) mass is 269 g/mol. The Balaban J connectivity index is 2.33. The molecule has 64 valence electrons. The summed E-state index contributed by atoms with van der Waals surface area (Å²) >= 11 is 2.28. The summed E-state index contributed by atoms with van der Waals surface area (Å²) < 4.78 is 2.19. The molecule has 1 rings (SSSR count). The van der Waals surface area contributed by atoms with E-state index >= 15 is 0 Å². The topological polar surface area (TPSA) is 35.6 Å². The predicted molar refractivity (Wildman–Crippen MR) is 51.6 cm³/mol. The molecule has 4 nitrogen and oxygen atoms in total. The van der Waals surface area contributed by atoms with Crippen molar-refractivity contribution in [1.29, 1.82) is 0 Å². The van der Waals surface area contributed by atoms with Gasteiger partial charge in [0.1, 0.15) is 0 Å². The molecule has 1 fully saturated rings. The van der Waals surface area contributed by atoms with E-state index in [2.05, 4.69) is 31.3 Å². The highest BCUT2D eigenvalue weighted by Crippen LogP contribution is 2.05. The number of hydrogen-bond donors (Lipinski definition) is 1. The summed E-state index contributed by atoms with van der Waals surface area (Å²) in [6, 6.07) is 0.0366. The summed E-state index contributed by atoms with van der Waals surface area (Å²) in [4.78, 5) is 12.9. The van der Waals surface area contributed by atoms with Crippen molar-refractivity contribution >= 4 is 28.9 Å². The largest absolute Gasteiger partial charge is 0.341 e. The standard InChI is InChI=1S/C6H12IN3O/c1-8-6(11)9-2-4-10(7)5-3-9/h2-5H2,1H3,(H,8,11). The van der Waals surface area contributed by atoms with E-state index in [1.165, 1.54) is 0 Å². The Morgan fingerprint density at radius 2 is 1.91 bits per heavy atom. The minimum absolute atomic E-state index is 0.0366. The van der Waals surface area contributed by atoms with Crippen LogP contribution in [0.25, 0.3) is 0 Å². The van der Waals surface area contributed by atoms with Crippen molar-refractivity contribution in [2.75, 3.05) is 33.2 Å². The summed E-state index contributed by atoms with van der Waals surface area (Å²) in [5.41, 5.74) is 0. The highest BCUT2D eigenvalue weighted by molar-refractivity contribution is 14.1. The molecule has 5 heteroatoms. The smallest absolute Gasteiger partial charge is 0.317 e. The molecular weight excluding hydrogens is 257 g/mol. The molecule has 1 aliphatic heterocycles. The Bertz CT molecular complexity index is 145. The van der Waals surface area contributed by atoms with Crippen LogP contribution in [0.3, 0.4) is 0 Å². The maximum absolute atomic E-state index is 11.1. The number of rotatable bonds is 0. The average molecular weight is 269 g/mol. The Kier molecular flexibility index (Phi) is 3.38. The summed E-state index contributed by atoms with van der Waals surface area (Å²) in [6.45, 7) is 3.60. The second kappa shape index (κ2) is 4.10. The van der Waals surface area contributed by atoms with E-state index in [4.69, 9.17) is 0 Å². The van der Waals surface area contributed by atoms with E-state index < -0.39 is 0 Å². The number of nitrogens with one attached hydrogen (secondary N) is 1. The highest BCUT2D eigenvalue weighted by atomic mass is 127. The molecule has 1 heterocycles. The molecule has 0 aromatic heterocycles. The van der Waals surface area contributed by atoms with Crippen LogP contribution in [0.4, 0.5) is 4.79 Å². The SMILES string of the molecule is CNC(=O)N1CCN(I)CC1. The Morgan fingerprint density at radius 1 is 1.36 bits per heavy atom. The molecule has 0 aromatic carbocycles. The quantitative estimate of drug-likeness (QED) is 0.507. The number of hydrogen-bond acceptors (Lipinski definition) is 2. The average Bonchev–Trinajstić information content (AvgIpc) is 2.05. The molecule has 1 aliphatic rings. The first-order chi connectivity index (χ1) is 5.24. The fraction of sp³-hybridized carbons (Fsp3) is 0.833. The maximum atomic E-state index is 11.1. The first-order valence-electron chi connectivity index (χ1n) is 3.61. The van der Waals surface area contributed by atoms with Gasteiger partial charge in [0.25, 0.3) is 0 Å². The third kappa shape index (κ3) is 2.48. The van der Waals surface area contributed by atoms with Gasteiger partial charge in [0.15, 0.2) is 0 Å². The number of carbonyl (C=O) groups excluding carboxylic acids is 1. The molecule has 11 heavy (non-hydrogen) atoms. The maximum Gasteiger partial charge on any atom is 0.317 e. The minimum atomic E-state index is 0.0366. The number of urea groups is 1. The van der Waals surface area contributed by atoms with E-state index in [9.17, 15) is 4.79 Å². The third-order valence-corrected chi connectivity index (χ3v) is 2.69. The lowest BCUT2D eigenvalue weighted by Crippen LogP contribution is -2.48. The molecule has 0 atom stereocenters. The van der Waals surface area contributed by atoms with Crippen LogP contribution in [0.1, 0.15) is 0 Å². The molecule has 2 amide bonds. The molecule has 0 unspecified atom stereocenters. The molecule has 0 aromatic rings. The van der Waals surface area contributed by atoms with Crippen LogP contribution >= 0.6 is 22.9 Å². The molecule has 1 N–H and O–H groups in total. The van der Waals surface area contributed by atoms with Crippen LogP contribution in [0.15, 0.2) is 0 Å². The van der Waals surface area contributed by atoms with Gasteiger partial charge in [-0.25, -0.2) is 7.91 Å². The van der Waals surface area contributed by atoms with E-state index in [-0.39, 0.29) is 6.03 Å². The van der Waals surface area contributed by atoms with Crippen molar-refractivity contribution in [3.8, 4) is 0 Å². The lowest BCUT2D eigenvalue weighted by atomic mass is 10.4. The second-order valence-electron chi connectivity index (χ2n) is 2.45. The normalized spacial score (nSPS) is 20.0. The molecule has 1 saturated heterocycles. The predicted octanol–water partition coefficient (Wildman–Crippen LogP) is 0.293. The number of halogens is 1. The van der Waals surface area contributed by atoms with Gasteiger partial charge in [-0.15, -0.1) is 0 Å². The lowest BCUT2D eigenvalue weighted by molar-refractivity contribution is 0.181. The summed E-state index contributed by atoms with van der Waals surface area (Å²) in [6.07, 6.45) is 0. The van der Waals surface area contributed by atoms with Crippen molar-refractivity contribution in [3.63, 3.8) is 0 Å². The van der Waals surface area contributed by atoms with Crippen LogP contribution in [-0.2, 0) is 0 Å². The third-order valence-electron chi connectivity index (χ3n) is 1.73. The van der Waals surface area contributed by atoms with Crippen LogP contribution in [-0.4, -0.2) is 47.3 Å². The fourth-order valence-corrected chi connectivity index (χ4v) is 1.47. The number of nitrogens with zero attached hydrogens (tertiary/aromatic N) is 2. The number of carbonyl (C=O) groups is 1. The molecule has 0 aliphatic carbocycles. The summed E-state index contributed by atoms with van der Waals surface area (Å²) in [5, 5.41) is 2.62. The molecular formula is C6H12IN3O. The first kappa shape index (κ1) is 9.05. The minimum Gasteiger partial charge on any atom is -0.341 e. The van der Waals surface area contributed by atoms with E-state index in [0.29, 0.717) is 0 Å². The number of piperazine rings is 1. The van der Waals surface area contributed by atoms with E-state index in [1.54, 1.807) is 7.05 Å². The van der Waals surface area contributed by atoms with Gasteiger partial charge in [-0.3, -0.25) is 0 Å². The molecule has 0 radical (unpaired) electrons. The Hall–Kier alpha value is -0.0400. The summed E-state index contributed by atoms with van der Waals surface area (Å²) in [7, 11) is 1.67. The van der Waals surface area contributed by atoms with Crippen LogP contribution in [0.2, 0.25) is 0 Å². The van der Waals surface area contributed by atoms with Crippen molar-refractivity contribution in [1.82, 2.24) is 13.3 Å². The van der Waals surface area contributed by atoms with Gasteiger partial charge in [0.05, 0.1) is 0 Å². The van der Waals surface area contributed by atoms with Crippen molar-refractivity contribution in [2.24, 2.45) is 0 Å². The zero-order valence-electron chi connectivity index (χ0n) is 6.51. The molecule has 0 bridgehead atoms. The zero-order valence-corrected chi connectivity index (χ0v) is 8.67. The first-order valence-corrected chi connectivity index (χ1v) is 4.58. The van der Waals surface area contributed by atoms with Crippen molar-refractivity contribution in [3.05, 3.63) is 0 Å².